The summed E-state index contributed by atoms with van der Waals surface area (Å²) in [6.45, 7) is 2.06. The van der Waals surface area contributed by atoms with Gasteiger partial charge >= 0.3 is 0 Å². The molecule has 1 aliphatic carbocycles. The Morgan fingerprint density at radius 2 is 1.79 bits per heavy atom. The number of ketones is 1. The summed E-state index contributed by atoms with van der Waals surface area (Å²) < 4.78 is 0. The van der Waals surface area contributed by atoms with E-state index in [1.54, 1.807) is 7.05 Å². The fourth-order valence-electron chi connectivity index (χ4n) is 4.01. The lowest BCUT2D eigenvalue weighted by atomic mass is 9.73. The van der Waals surface area contributed by atoms with E-state index in [1.165, 1.54) is 17.7 Å². The van der Waals surface area contributed by atoms with Crippen molar-refractivity contribution in [2.45, 2.75) is 44.4 Å². The lowest BCUT2D eigenvalue weighted by molar-refractivity contribution is -0.128. The topological polar surface area (TPSA) is 61.2 Å². The molecule has 0 aromatic heterocycles. The second-order valence-corrected chi connectivity index (χ2v) is 8.55. The largest absolute Gasteiger partial charge is 0.304 e. The normalized spacial score (nSPS) is 22.4. The Morgan fingerprint density at radius 1 is 1.11 bits per heavy atom. The van der Waals surface area contributed by atoms with E-state index >= 15 is 0 Å². The first-order valence-electron chi connectivity index (χ1n) is 9.94. The number of amides is 1. The lowest BCUT2D eigenvalue weighted by Gasteiger charge is -2.38. The van der Waals surface area contributed by atoms with Gasteiger partial charge in [-0.15, -0.1) is 0 Å². The molecule has 0 unspecified atom stereocenters. The molecule has 4 nitrogen and oxygen atoms in total. The molecular formula is C24H26N2O2. The minimum Gasteiger partial charge on any atom is -0.304 e. The van der Waals surface area contributed by atoms with E-state index < -0.39 is 0 Å². The number of hydrogen-bond acceptors (Lipinski definition) is 3. The molecule has 0 spiro atoms. The standard InChI is InChI=1S/C24H26N2O2/c1-24(14-22(25)26(2)23(28)15-24)20-8-4-6-18(13-20)17-5-3-7-19(12-17)21(27)11-16-9-10-16/h3-8,12-13,16,25H,9-11,14-15H2,1-2H3/t24-/m0/s1. The SMILES string of the molecule is CN1C(=N)C[C@](C)(c2cccc(-c3cccc(C(=O)CC4CC4)c3)c2)CC1=O. The fourth-order valence-corrected chi connectivity index (χ4v) is 4.01. The number of rotatable bonds is 5. The Labute approximate surface area is 166 Å². The van der Waals surface area contributed by atoms with Gasteiger partial charge in [-0.25, -0.2) is 0 Å². The van der Waals surface area contributed by atoms with Crippen LogP contribution in [0.25, 0.3) is 11.1 Å². The zero-order valence-corrected chi connectivity index (χ0v) is 16.5. The van der Waals surface area contributed by atoms with Gasteiger partial charge in [0.25, 0.3) is 0 Å². The van der Waals surface area contributed by atoms with Gasteiger partial charge in [0.1, 0.15) is 5.84 Å². The van der Waals surface area contributed by atoms with E-state index in [0.29, 0.717) is 31.0 Å². The van der Waals surface area contributed by atoms with Crippen LogP contribution in [0.15, 0.2) is 48.5 Å². The Hall–Kier alpha value is -2.75. The lowest BCUT2D eigenvalue weighted by Crippen LogP contribution is -2.46. The number of carbonyl (C=O) groups is 2. The van der Waals surface area contributed by atoms with Crippen molar-refractivity contribution in [1.82, 2.24) is 4.90 Å². The van der Waals surface area contributed by atoms with Crippen molar-refractivity contribution in [2.24, 2.45) is 5.92 Å². The molecule has 1 heterocycles. The van der Waals surface area contributed by atoms with Crippen molar-refractivity contribution < 1.29 is 9.59 Å². The molecule has 4 rings (SSSR count). The maximum absolute atomic E-state index is 12.5. The van der Waals surface area contributed by atoms with Gasteiger partial charge in [-0.05, 0) is 41.5 Å². The number of carbonyl (C=O) groups excluding carboxylic acids is 2. The third-order valence-electron chi connectivity index (χ3n) is 6.13. The van der Waals surface area contributed by atoms with Crippen LogP contribution in [-0.4, -0.2) is 29.5 Å². The number of Topliss-reactive ketones (excluding diaryl/α,β-unsaturated/α-hetero) is 1. The monoisotopic (exact) mass is 374 g/mol. The van der Waals surface area contributed by atoms with Crippen LogP contribution in [-0.2, 0) is 10.2 Å². The van der Waals surface area contributed by atoms with Crippen molar-refractivity contribution in [2.75, 3.05) is 7.05 Å². The molecule has 1 saturated carbocycles. The zero-order chi connectivity index (χ0) is 19.9. The summed E-state index contributed by atoms with van der Waals surface area (Å²) in [5.74, 6) is 1.15. The van der Waals surface area contributed by atoms with Crippen LogP contribution in [0.4, 0.5) is 0 Å². The smallest absolute Gasteiger partial charge is 0.228 e. The van der Waals surface area contributed by atoms with E-state index in [4.69, 9.17) is 5.41 Å². The number of nitrogens with zero attached hydrogens (tertiary/aromatic N) is 1. The summed E-state index contributed by atoms with van der Waals surface area (Å²) in [4.78, 5) is 26.2. The molecule has 2 aromatic rings. The molecule has 2 aromatic carbocycles. The van der Waals surface area contributed by atoms with E-state index in [1.807, 2.05) is 42.5 Å². The molecule has 0 radical (unpaired) electrons. The van der Waals surface area contributed by atoms with Crippen molar-refractivity contribution in [1.29, 1.82) is 5.41 Å². The van der Waals surface area contributed by atoms with Gasteiger partial charge in [0.05, 0.1) is 0 Å². The molecule has 1 atom stereocenters. The number of nitrogens with one attached hydrogen (secondary N) is 1. The zero-order valence-electron chi connectivity index (χ0n) is 16.5. The van der Waals surface area contributed by atoms with Gasteiger partial charge in [-0.3, -0.25) is 15.0 Å². The highest BCUT2D eigenvalue weighted by molar-refractivity contribution is 6.00. The fraction of sp³-hybridized carbons (Fsp3) is 0.375. The molecule has 2 aliphatic rings. The second-order valence-electron chi connectivity index (χ2n) is 8.55. The van der Waals surface area contributed by atoms with Gasteiger partial charge in [-0.1, -0.05) is 49.4 Å². The van der Waals surface area contributed by atoms with Crippen LogP contribution in [0, 0.1) is 11.3 Å². The Bertz CT molecular complexity index is 941. The molecule has 4 heteroatoms. The van der Waals surface area contributed by atoms with Gasteiger partial charge in [-0.2, -0.15) is 0 Å². The van der Waals surface area contributed by atoms with Crippen LogP contribution < -0.4 is 0 Å². The predicted molar refractivity (Wildman–Crippen MR) is 111 cm³/mol. The maximum atomic E-state index is 12.5. The maximum Gasteiger partial charge on any atom is 0.228 e. The average Bonchev–Trinajstić information content (AvgIpc) is 3.50. The minimum atomic E-state index is -0.379. The highest BCUT2D eigenvalue weighted by Crippen LogP contribution is 2.38. The number of hydrogen-bond donors (Lipinski definition) is 1. The van der Waals surface area contributed by atoms with Crippen LogP contribution >= 0.6 is 0 Å². The molecule has 1 amide bonds. The Morgan fingerprint density at radius 3 is 2.46 bits per heavy atom. The van der Waals surface area contributed by atoms with E-state index in [2.05, 4.69) is 13.0 Å². The molecule has 1 aliphatic heterocycles. The molecule has 144 valence electrons. The molecule has 2 fully saturated rings. The van der Waals surface area contributed by atoms with Gasteiger partial charge in [0.2, 0.25) is 5.91 Å². The van der Waals surface area contributed by atoms with Crippen LogP contribution in [0.3, 0.4) is 0 Å². The molecule has 1 saturated heterocycles. The highest BCUT2D eigenvalue weighted by Gasteiger charge is 2.38. The number of likely N-dealkylation sites (tertiary alicyclic amines) is 1. The summed E-state index contributed by atoms with van der Waals surface area (Å²) >= 11 is 0. The summed E-state index contributed by atoms with van der Waals surface area (Å²) in [6, 6.07) is 16.0. The number of piperidine rings is 1. The van der Waals surface area contributed by atoms with Crippen molar-refractivity contribution in [3.8, 4) is 11.1 Å². The van der Waals surface area contributed by atoms with Gasteiger partial charge in [0.15, 0.2) is 5.78 Å². The van der Waals surface area contributed by atoms with Crippen molar-refractivity contribution in [3.05, 3.63) is 59.7 Å². The van der Waals surface area contributed by atoms with Crippen molar-refractivity contribution >= 4 is 17.5 Å². The summed E-state index contributed by atoms with van der Waals surface area (Å²) in [5.41, 5.74) is 3.51. The third kappa shape index (κ3) is 3.64. The predicted octanol–water partition coefficient (Wildman–Crippen LogP) is 4.82. The van der Waals surface area contributed by atoms with E-state index in [-0.39, 0.29) is 17.1 Å². The van der Waals surface area contributed by atoms with Gasteiger partial charge in [0, 0.05) is 37.3 Å². The van der Waals surface area contributed by atoms with Crippen LogP contribution in [0.1, 0.15) is 54.9 Å². The van der Waals surface area contributed by atoms with E-state index in [9.17, 15) is 9.59 Å². The quantitative estimate of drug-likeness (QED) is 0.763. The van der Waals surface area contributed by atoms with Crippen LogP contribution in [0.5, 0.6) is 0 Å². The van der Waals surface area contributed by atoms with Crippen molar-refractivity contribution in [3.63, 3.8) is 0 Å². The first-order valence-corrected chi connectivity index (χ1v) is 9.94. The molecule has 0 bridgehead atoms. The first-order chi connectivity index (χ1) is 13.4. The average molecular weight is 374 g/mol. The molecule has 28 heavy (non-hydrogen) atoms. The summed E-state index contributed by atoms with van der Waals surface area (Å²) in [6.07, 6.45) is 3.94. The van der Waals surface area contributed by atoms with E-state index in [0.717, 1.165) is 22.3 Å². The molecular weight excluding hydrogens is 348 g/mol. The van der Waals surface area contributed by atoms with Gasteiger partial charge < -0.3 is 4.90 Å². The third-order valence-corrected chi connectivity index (χ3v) is 6.13. The summed E-state index contributed by atoms with van der Waals surface area (Å²) in [7, 11) is 1.67. The highest BCUT2D eigenvalue weighted by atomic mass is 16.2. The number of amidine groups is 1. The Balaban J connectivity index is 1.63. The second kappa shape index (κ2) is 7.01. The first kappa shape index (κ1) is 18.6. The molecule has 1 N–H and O–H groups in total. The summed E-state index contributed by atoms with van der Waals surface area (Å²) in [5, 5.41) is 8.15. The van der Waals surface area contributed by atoms with Crippen LogP contribution in [0.2, 0.25) is 0 Å². The minimum absolute atomic E-state index is 0.0168. The Kier molecular flexibility index (Phi) is 4.66. The number of benzene rings is 2.